The van der Waals surface area contributed by atoms with Gasteiger partial charge >= 0.3 is 21.7 Å². The summed E-state index contributed by atoms with van der Waals surface area (Å²) in [6.45, 7) is 8.59. The molecule has 0 heterocycles. The summed E-state index contributed by atoms with van der Waals surface area (Å²) < 4.78 is 0. The molecule has 0 spiro atoms. The average Bonchev–Trinajstić information content (AvgIpc) is 3.48. The van der Waals surface area contributed by atoms with E-state index < -0.39 is 0 Å². The first kappa shape index (κ1) is 27.1. The molecule has 2 aromatic rings. The van der Waals surface area contributed by atoms with E-state index in [2.05, 4.69) is 88.4 Å². The van der Waals surface area contributed by atoms with Gasteiger partial charge in [-0.1, -0.05) is 40.5 Å². The van der Waals surface area contributed by atoms with Crippen LogP contribution in [0.5, 0.6) is 0 Å². The van der Waals surface area contributed by atoms with Crippen molar-refractivity contribution in [1.82, 2.24) is 0 Å². The summed E-state index contributed by atoms with van der Waals surface area (Å²) in [4.78, 5) is 0. The zero-order chi connectivity index (χ0) is 20.5. The average molecular weight is 416 g/mol. The zero-order valence-corrected chi connectivity index (χ0v) is 19.8. The van der Waals surface area contributed by atoms with Crippen LogP contribution in [0.15, 0.2) is 72.9 Å². The SMILES string of the molecule is CCc1c[c-]ccc1C.CCc1c[c-]ccc1C.[C-]1=CC=CC1.[C-]1=CC=CC1.[Ti+4]. The van der Waals surface area contributed by atoms with Gasteiger partial charge in [-0.25, -0.2) is 24.3 Å². The van der Waals surface area contributed by atoms with Gasteiger partial charge in [-0.3, -0.25) is 12.2 Å². The van der Waals surface area contributed by atoms with Crippen molar-refractivity contribution in [2.24, 2.45) is 0 Å². The van der Waals surface area contributed by atoms with Crippen LogP contribution in [0.25, 0.3) is 0 Å². The Morgan fingerprint density at radius 2 is 1.14 bits per heavy atom. The van der Waals surface area contributed by atoms with E-state index in [-0.39, 0.29) is 21.7 Å². The van der Waals surface area contributed by atoms with Gasteiger partial charge in [-0.15, -0.1) is 12.8 Å². The summed E-state index contributed by atoms with van der Waals surface area (Å²) in [5.41, 5.74) is 5.54. The van der Waals surface area contributed by atoms with Gasteiger partial charge in [-0.05, 0) is 0 Å². The van der Waals surface area contributed by atoms with Crippen molar-refractivity contribution >= 4 is 0 Å². The van der Waals surface area contributed by atoms with E-state index in [9.17, 15) is 0 Å². The maximum atomic E-state index is 3.05. The number of hydrogen-bond donors (Lipinski definition) is 0. The summed E-state index contributed by atoms with van der Waals surface area (Å²) in [5, 5.41) is 0. The number of aryl methyl sites for hydroxylation is 4. The van der Waals surface area contributed by atoms with Crippen molar-refractivity contribution < 1.29 is 21.7 Å². The molecule has 1 heteroatoms. The molecule has 0 unspecified atom stereocenters. The second kappa shape index (κ2) is 18.2. The molecule has 0 aliphatic heterocycles. The molecule has 0 fully saturated rings. The molecule has 4 rings (SSSR count). The number of rotatable bonds is 2. The minimum atomic E-state index is 0. The Morgan fingerprint density at radius 3 is 1.31 bits per heavy atom. The fourth-order valence-electron chi connectivity index (χ4n) is 2.53. The van der Waals surface area contributed by atoms with Crippen molar-refractivity contribution in [3.63, 3.8) is 0 Å². The molecule has 29 heavy (non-hydrogen) atoms. The number of hydrogen-bond acceptors (Lipinski definition) is 0. The topological polar surface area (TPSA) is 0 Å². The van der Waals surface area contributed by atoms with E-state index in [1.807, 2.05) is 36.4 Å². The summed E-state index contributed by atoms with van der Waals surface area (Å²) in [6, 6.07) is 18.3. The minimum Gasteiger partial charge on any atom is -0.273 e. The largest absolute Gasteiger partial charge is 4.00 e. The van der Waals surface area contributed by atoms with Crippen LogP contribution in [-0.4, -0.2) is 0 Å². The number of allylic oxidation sites excluding steroid dienone is 8. The Bertz CT molecular complexity index is 691. The van der Waals surface area contributed by atoms with Crippen LogP contribution in [0.4, 0.5) is 0 Å². The molecule has 2 aromatic carbocycles. The van der Waals surface area contributed by atoms with E-state index in [0.717, 1.165) is 25.7 Å². The van der Waals surface area contributed by atoms with Crippen molar-refractivity contribution in [3.05, 3.63) is 119 Å². The molecule has 2 aliphatic carbocycles. The van der Waals surface area contributed by atoms with E-state index in [1.54, 1.807) is 0 Å². The molecule has 0 N–H and O–H groups in total. The molecular weight excluding hydrogens is 384 g/mol. The molecular formula is C28H32Ti. The molecule has 2 aliphatic rings. The second-order valence-electron chi connectivity index (χ2n) is 6.42. The third-order valence-corrected chi connectivity index (χ3v) is 4.32. The van der Waals surface area contributed by atoms with Gasteiger partial charge < -0.3 is 0 Å². The Labute approximate surface area is 194 Å². The molecule has 0 nitrogen and oxygen atoms in total. The Hall–Kier alpha value is -1.89. The zero-order valence-electron chi connectivity index (χ0n) is 18.3. The fraction of sp³-hybridized carbons (Fsp3) is 0.286. The molecule has 0 saturated heterocycles. The third kappa shape index (κ3) is 13.0. The predicted octanol–water partition coefficient (Wildman–Crippen LogP) is 7.32. The smallest absolute Gasteiger partial charge is 0.273 e. The quantitative estimate of drug-likeness (QED) is 0.355. The first-order valence-corrected chi connectivity index (χ1v) is 10.0. The first-order chi connectivity index (χ1) is 13.7. The Balaban J connectivity index is 0.000000369. The fourth-order valence-corrected chi connectivity index (χ4v) is 2.53. The maximum Gasteiger partial charge on any atom is 4.00 e. The molecule has 0 aromatic heterocycles. The third-order valence-electron chi connectivity index (χ3n) is 4.32. The van der Waals surface area contributed by atoms with Crippen LogP contribution in [0.2, 0.25) is 0 Å². The van der Waals surface area contributed by atoms with E-state index in [1.165, 1.54) is 22.3 Å². The van der Waals surface area contributed by atoms with Gasteiger partial charge in [-0.2, -0.15) is 82.9 Å². The number of benzene rings is 2. The van der Waals surface area contributed by atoms with E-state index in [0.29, 0.717) is 0 Å². The molecule has 0 amide bonds. The maximum absolute atomic E-state index is 3.05. The van der Waals surface area contributed by atoms with Gasteiger partial charge in [0.05, 0.1) is 0 Å². The minimum absolute atomic E-state index is 0. The monoisotopic (exact) mass is 416 g/mol. The summed E-state index contributed by atoms with van der Waals surface area (Å²) in [6.07, 6.45) is 22.2. The Kier molecular flexibility index (Phi) is 17.0. The summed E-state index contributed by atoms with van der Waals surface area (Å²) >= 11 is 0. The van der Waals surface area contributed by atoms with Crippen molar-refractivity contribution in [2.75, 3.05) is 0 Å². The van der Waals surface area contributed by atoms with E-state index >= 15 is 0 Å². The van der Waals surface area contributed by atoms with Gasteiger partial charge in [0.1, 0.15) is 0 Å². The van der Waals surface area contributed by atoms with Crippen molar-refractivity contribution in [1.29, 1.82) is 0 Å². The van der Waals surface area contributed by atoms with Gasteiger partial charge in [0.25, 0.3) is 0 Å². The first-order valence-electron chi connectivity index (χ1n) is 10.0. The molecule has 0 saturated carbocycles. The van der Waals surface area contributed by atoms with Crippen molar-refractivity contribution in [2.45, 2.75) is 53.4 Å². The summed E-state index contributed by atoms with van der Waals surface area (Å²) in [5.74, 6) is 0. The van der Waals surface area contributed by atoms with Crippen LogP contribution in [0.1, 0.15) is 48.9 Å². The summed E-state index contributed by atoms with van der Waals surface area (Å²) in [7, 11) is 0. The van der Waals surface area contributed by atoms with Crippen LogP contribution >= 0.6 is 0 Å². The normalized spacial score (nSPS) is 12.0. The predicted molar refractivity (Wildman–Crippen MR) is 122 cm³/mol. The van der Waals surface area contributed by atoms with Crippen molar-refractivity contribution in [3.8, 4) is 0 Å². The molecule has 148 valence electrons. The molecule has 0 atom stereocenters. The van der Waals surface area contributed by atoms with Crippen LogP contribution in [-0.2, 0) is 34.6 Å². The van der Waals surface area contributed by atoms with Crippen LogP contribution in [0.3, 0.4) is 0 Å². The standard InChI is InChI=1S/2C9H11.2C5H5.Ti/c2*1-3-9-7-5-4-6-8(9)2;2*1-2-4-5-3-1;/h2*4,6-7H,3H2,1-2H3;2*1-3H,4H2;/q4*-1;+4. The van der Waals surface area contributed by atoms with Gasteiger partial charge in [0.15, 0.2) is 0 Å². The van der Waals surface area contributed by atoms with Gasteiger partial charge in [0.2, 0.25) is 0 Å². The second-order valence-corrected chi connectivity index (χ2v) is 6.42. The van der Waals surface area contributed by atoms with Crippen LogP contribution < -0.4 is 0 Å². The molecule has 0 bridgehead atoms. The molecule has 0 radical (unpaired) electrons. The van der Waals surface area contributed by atoms with Gasteiger partial charge in [0, 0.05) is 0 Å². The van der Waals surface area contributed by atoms with E-state index in [4.69, 9.17) is 0 Å². The Morgan fingerprint density at radius 1 is 0.724 bits per heavy atom. The van der Waals surface area contributed by atoms with Crippen LogP contribution in [0, 0.1) is 38.1 Å².